The van der Waals surface area contributed by atoms with E-state index < -0.39 is 24.2 Å². The lowest BCUT2D eigenvalue weighted by Crippen LogP contribution is -2.66. The number of rotatable bonds is 14. The summed E-state index contributed by atoms with van der Waals surface area (Å²) in [6, 6.07) is 92.3. The minimum absolute atomic E-state index is 0.975. The van der Waals surface area contributed by atoms with Crippen LogP contribution in [-0.4, -0.2) is 24.2 Å². The Labute approximate surface area is 342 Å². The van der Waals surface area contributed by atoms with Gasteiger partial charge in [-0.25, -0.2) is 0 Å². The highest BCUT2D eigenvalue weighted by Gasteiger charge is 2.41. The molecular weight excluding hydrogens is 733 g/mol. The van der Waals surface area contributed by atoms with Crippen LogP contribution in [0.2, 0.25) is 12.1 Å². The van der Waals surface area contributed by atoms with Crippen LogP contribution in [-0.2, 0) is 0 Å². The van der Waals surface area contributed by atoms with Crippen molar-refractivity contribution in [2.24, 2.45) is 0 Å². The van der Waals surface area contributed by atoms with Gasteiger partial charge in [0.05, 0.1) is 0 Å². The summed E-state index contributed by atoms with van der Waals surface area (Å²) in [4.78, 5) is 0. The number of hydrogen-bond acceptors (Lipinski definition) is 0. The Hall–Kier alpha value is -6.11. The highest BCUT2D eigenvalue weighted by atomic mass is 28.3. The molecule has 0 saturated heterocycles. The summed E-state index contributed by atoms with van der Waals surface area (Å²) in [5.74, 6) is 0. The Bertz CT molecular complexity index is 2100. The molecule has 0 heterocycles. The normalized spacial score (nSPS) is 12.2. The zero-order valence-corrected chi connectivity index (χ0v) is 35.3. The molecule has 0 atom stereocenters. The van der Waals surface area contributed by atoms with Gasteiger partial charge >= 0.3 is 0 Å². The van der Waals surface area contributed by atoms with E-state index in [0.717, 1.165) is 12.1 Å². The second-order valence-electron chi connectivity index (χ2n) is 14.8. The monoisotopic (exact) mass is 780 g/mol. The van der Waals surface area contributed by atoms with Crippen molar-refractivity contribution in [3.05, 3.63) is 266 Å². The lowest BCUT2D eigenvalue weighted by Gasteiger charge is -2.34. The number of allylic oxidation sites excluding steroid dienone is 2. The second-order valence-corrected chi connectivity index (χ2v) is 26.3. The van der Waals surface area contributed by atoms with Crippen molar-refractivity contribution in [2.75, 3.05) is 0 Å². The first kappa shape index (κ1) is 37.8. The molecule has 8 aromatic carbocycles. The first-order valence-electron chi connectivity index (χ1n) is 20.1. The molecular formula is C54H48Si3. The van der Waals surface area contributed by atoms with Crippen molar-refractivity contribution in [3.8, 4) is 0 Å². The summed E-state index contributed by atoms with van der Waals surface area (Å²) in [7, 11) is -7.66. The van der Waals surface area contributed by atoms with E-state index in [0.29, 0.717) is 0 Å². The van der Waals surface area contributed by atoms with Gasteiger partial charge in [0.25, 0.3) is 0 Å². The standard InChI is InChI=1S/C54H48Si3/c1-9-27-47(28-10-1)55(48-29-11-2-12-30-48,43-25-45-56(49-31-13-3-14-32-49,50-33-15-4-16-34-50)51-35-17-5-18-36-51)44-26-46-57(52-37-19-6-20-38-52,53-39-21-7-22-40-53)54-41-23-8-24-42-54/h1-42,45-46H,43-44H2/b45-25+,46-26+. The lowest BCUT2D eigenvalue weighted by atomic mass is 10.3. The van der Waals surface area contributed by atoms with Gasteiger partial charge in [0.1, 0.15) is 8.07 Å². The Morgan fingerprint density at radius 2 is 0.404 bits per heavy atom. The van der Waals surface area contributed by atoms with Crippen LogP contribution < -0.4 is 41.5 Å². The van der Waals surface area contributed by atoms with E-state index in [2.05, 4.69) is 266 Å². The molecule has 3 heteroatoms. The molecule has 0 bridgehead atoms. The average molecular weight is 781 g/mol. The molecule has 0 saturated carbocycles. The predicted molar refractivity (Wildman–Crippen MR) is 254 cm³/mol. The Morgan fingerprint density at radius 3 is 0.596 bits per heavy atom. The largest absolute Gasteiger partial charge is 0.172 e. The van der Waals surface area contributed by atoms with Gasteiger partial charge < -0.3 is 0 Å². The van der Waals surface area contributed by atoms with E-state index in [1.165, 1.54) is 41.5 Å². The van der Waals surface area contributed by atoms with Gasteiger partial charge in [-0.15, -0.1) is 0 Å². The third kappa shape index (κ3) is 7.70. The van der Waals surface area contributed by atoms with Gasteiger partial charge in [0.15, 0.2) is 16.1 Å². The zero-order valence-electron chi connectivity index (χ0n) is 32.3. The summed E-state index contributed by atoms with van der Waals surface area (Å²) in [5.41, 5.74) is 5.31. The van der Waals surface area contributed by atoms with Crippen LogP contribution in [0.3, 0.4) is 0 Å². The minimum atomic E-state index is -2.59. The van der Waals surface area contributed by atoms with E-state index in [1.807, 2.05) is 0 Å². The predicted octanol–water partition coefficient (Wildman–Crippen LogP) is 7.78. The highest BCUT2D eigenvalue weighted by molar-refractivity contribution is 7.15. The third-order valence-corrected chi connectivity index (χ3v) is 25.4. The van der Waals surface area contributed by atoms with Gasteiger partial charge in [-0.05, 0) is 43.2 Å². The molecule has 57 heavy (non-hydrogen) atoms. The maximum Gasteiger partial charge on any atom is 0.172 e. The van der Waals surface area contributed by atoms with E-state index in [1.54, 1.807) is 0 Å². The Balaban J connectivity index is 1.32. The van der Waals surface area contributed by atoms with Crippen LogP contribution in [0.1, 0.15) is 0 Å². The maximum absolute atomic E-state index is 2.65. The van der Waals surface area contributed by atoms with E-state index >= 15 is 0 Å². The van der Waals surface area contributed by atoms with Crippen molar-refractivity contribution >= 4 is 65.7 Å². The van der Waals surface area contributed by atoms with Crippen molar-refractivity contribution in [2.45, 2.75) is 12.1 Å². The summed E-state index contributed by atoms with van der Waals surface area (Å²) >= 11 is 0. The quantitative estimate of drug-likeness (QED) is 0.0782. The molecule has 0 aromatic heterocycles. The molecule has 0 nitrogen and oxygen atoms in total. The van der Waals surface area contributed by atoms with Gasteiger partial charge in [0, 0.05) is 0 Å². The Morgan fingerprint density at radius 1 is 0.228 bits per heavy atom. The summed E-state index contributed by atoms with van der Waals surface area (Å²) in [5, 5.41) is 11.3. The summed E-state index contributed by atoms with van der Waals surface area (Å²) in [6.45, 7) is 0. The highest BCUT2D eigenvalue weighted by Crippen LogP contribution is 2.22. The lowest BCUT2D eigenvalue weighted by molar-refractivity contribution is 1.46. The van der Waals surface area contributed by atoms with Crippen LogP contribution in [0.15, 0.2) is 266 Å². The fraction of sp³-hybridized carbons (Fsp3) is 0.0370. The van der Waals surface area contributed by atoms with Crippen LogP contribution in [0, 0.1) is 0 Å². The molecule has 0 amide bonds. The molecule has 8 rings (SSSR count). The SMILES string of the molecule is C(=C\[Si](c1ccccc1)(c1ccccc1)c1ccccc1)/C[Si](C/C=C/[Si](c1ccccc1)(c1ccccc1)c1ccccc1)(c1ccccc1)c1ccccc1. The van der Waals surface area contributed by atoms with Gasteiger partial charge in [-0.2, -0.15) is 0 Å². The summed E-state index contributed by atoms with van der Waals surface area (Å²) in [6.07, 6.45) is 5.19. The molecule has 0 fully saturated rings. The van der Waals surface area contributed by atoms with Crippen LogP contribution >= 0.6 is 0 Å². The van der Waals surface area contributed by atoms with Crippen molar-refractivity contribution in [1.82, 2.24) is 0 Å². The number of hydrogen-bond donors (Lipinski definition) is 0. The molecule has 8 aromatic rings. The van der Waals surface area contributed by atoms with Gasteiger partial charge in [-0.1, -0.05) is 277 Å². The molecule has 0 aliphatic carbocycles. The molecule has 0 aliphatic rings. The zero-order chi connectivity index (χ0) is 38.6. The molecule has 0 spiro atoms. The van der Waals surface area contributed by atoms with E-state index in [-0.39, 0.29) is 0 Å². The fourth-order valence-corrected chi connectivity index (χ4v) is 21.9. The average Bonchev–Trinajstić information content (AvgIpc) is 3.31. The van der Waals surface area contributed by atoms with Crippen molar-refractivity contribution in [3.63, 3.8) is 0 Å². The topological polar surface area (TPSA) is 0 Å². The maximum atomic E-state index is 2.65. The van der Waals surface area contributed by atoms with Crippen molar-refractivity contribution < 1.29 is 0 Å². The molecule has 0 aliphatic heterocycles. The van der Waals surface area contributed by atoms with Crippen LogP contribution in [0.4, 0.5) is 0 Å². The van der Waals surface area contributed by atoms with Gasteiger partial charge in [-0.3, -0.25) is 0 Å². The van der Waals surface area contributed by atoms with Crippen LogP contribution in [0.5, 0.6) is 0 Å². The first-order chi connectivity index (χ1) is 28.3. The summed E-state index contributed by atoms with van der Waals surface area (Å²) < 4.78 is 0. The molecule has 0 N–H and O–H groups in total. The Kier molecular flexibility index (Phi) is 11.8. The fourth-order valence-electron chi connectivity index (χ4n) is 8.89. The van der Waals surface area contributed by atoms with E-state index in [4.69, 9.17) is 0 Å². The third-order valence-electron chi connectivity index (χ3n) is 11.7. The molecule has 0 unspecified atom stereocenters. The van der Waals surface area contributed by atoms with Gasteiger partial charge in [0.2, 0.25) is 0 Å². The van der Waals surface area contributed by atoms with E-state index in [9.17, 15) is 0 Å². The minimum Gasteiger partial charge on any atom is -0.0934 e. The van der Waals surface area contributed by atoms with Crippen molar-refractivity contribution in [1.29, 1.82) is 0 Å². The van der Waals surface area contributed by atoms with Crippen LogP contribution in [0.25, 0.3) is 0 Å². The first-order valence-corrected chi connectivity index (χ1v) is 26.6. The second kappa shape index (κ2) is 17.8. The number of benzene rings is 8. The smallest absolute Gasteiger partial charge is 0.0934 e. The molecule has 0 radical (unpaired) electrons. The molecule has 276 valence electrons.